The Labute approximate surface area is 146 Å². The predicted molar refractivity (Wildman–Crippen MR) is 94.0 cm³/mol. The topological polar surface area (TPSA) is 109 Å². The maximum absolute atomic E-state index is 12.3. The fourth-order valence-corrected chi connectivity index (χ4v) is 2.88. The Kier molecular flexibility index (Phi) is 4.81. The van der Waals surface area contributed by atoms with E-state index in [1.807, 2.05) is 6.07 Å². The number of fused-ring (bicyclic) bond motifs is 1. The monoisotopic (exact) mass is 339 g/mol. The summed E-state index contributed by atoms with van der Waals surface area (Å²) in [5.74, 6) is 2.24. The van der Waals surface area contributed by atoms with Gasteiger partial charge in [-0.2, -0.15) is 10.2 Å². The molecule has 0 bridgehead atoms. The van der Waals surface area contributed by atoms with Crippen LogP contribution in [0, 0.1) is 12.3 Å². The van der Waals surface area contributed by atoms with Crippen molar-refractivity contribution in [3.8, 4) is 12.3 Å². The van der Waals surface area contributed by atoms with Gasteiger partial charge in [0.15, 0.2) is 5.66 Å². The number of benzene rings is 1. The van der Waals surface area contributed by atoms with Gasteiger partial charge in [0.05, 0.1) is 6.04 Å². The van der Waals surface area contributed by atoms with Crippen molar-refractivity contribution in [2.24, 2.45) is 16.0 Å². The van der Waals surface area contributed by atoms with Crippen molar-refractivity contribution in [1.29, 1.82) is 0 Å². The number of nitrogens with zero attached hydrogens (tertiary/aromatic N) is 2. The highest BCUT2D eigenvalue weighted by Gasteiger charge is 2.38. The summed E-state index contributed by atoms with van der Waals surface area (Å²) in [6.07, 6.45) is 8.47. The predicted octanol–water partition coefficient (Wildman–Crippen LogP) is 1.59. The van der Waals surface area contributed by atoms with E-state index in [-0.39, 0.29) is 11.8 Å². The summed E-state index contributed by atoms with van der Waals surface area (Å²) in [6, 6.07) is 4.74. The van der Waals surface area contributed by atoms with Crippen LogP contribution in [-0.2, 0) is 11.2 Å². The number of hydrogen-bond acceptors (Lipinski definition) is 5. The maximum atomic E-state index is 12.3. The second-order valence-electron chi connectivity index (χ2n) is 6.40. The molecule has 0 spiro atoms. The average molecular weight is 339 g/mol. The number of anilines is 1. The van der Waals surface area contributed by atoms with E-state index >= 15 is 0 Å². The molecule has 0 saturated carbocycles. The van der Waals surface area contributed by atoms with Crippen molar-refractivity contribution in [2.75, 3.05) is 11.9 Å². The first-order chi connectivity index (χ1) is 12.0. The number of carbonyl (C=O) groups excluding carboxylic acids is 2. The Bertz CT molecular complexity index is 759. The highest BCUT2D eigenvalue weighted by atomic mass is 16.2. The molecule has 1 unspecified atom stereocenters. The van der Waals surface area contributed by atoms with Gasteiger partial charge in [0.25, 0.3) is 5.91 Å². The Morgan fingerprint density at radius 2 is 2.24 bits per heavy atom. The van der Waals surface area contributed by atoms with Gasteiger partial charge in [0, 0.05) is 37.1 Å². The fourth-order valence-electron chi connectivity index (χ4n) is 2.88. The summed E-state index contributed by atoms with van der Waals surface area (Å²) >= 11 is 0. The van der Waals surface area contributed by atoms with E-state index in [9.17, 15) is 9.59 Å². The highest BCUT2D eigenvalue weighted by molar-refractivity contribution is 5.98. The molecule has 2 aliphatic heterocycles. The van der Waals surface area contributed by atoms with Crippen LogP contribution < -0.4 is 16.4 Å². The van der Waals surface area contributed by atoms with Crippen molar-refractivity contribution < 1.29 is 9.59 Å². The van der Waals surface area contributed by atoms with E-state index in [1.165, 1.54) is 0 Å². The number of nitrogens with two attached hydrogens (primary N) is 1. The number of amides is 2. The van der Waals surface area contributed by atoms with Gasteiger partial charge in [-0.1, -0.05) is 0 Å². The van der Waals surface area contributed by atoms with E-state index in [0.29, 0.717) is 37.8 Å². The first kappa shape index (κ1) is 17.1. The van der Waals surface area contributed by atoms with Gasteiger partial charge in [0.1, 0.15) is 0 Å². The first-order valence-corrected chi connectivity index (χ1v) is 8.38. The molecule has 3 rings (SSSR count). The summed E-state index contributed by atoms with van der Waals surface area (Å²) in [6.45, 7) is 0.481. The van der Waals surface area contributed by atoms with Crippen molar-refractivity contribution >= 4 is 17.5 Å². The van der Waals surface area contributed by atoms with Crippen LogP contribution in [0.5, 0.6) is 0 Å². The maximum Gasteiger partial charge on any atom is 0.251 e. The molecule has 0 radical (unpaired) electrons. The van der Waals surface area contributed by atoms with Crippen LogP contribution in [0.3, 0.4) is 0 Å². The van der Waals surface area contributed by atoms with E-state index in [0.717, 1.165) is 17.7 Å². The highest BCUT2D eigenvalue weighted by Crippen LogP contribution is 2.36. The Hall–Kier alpha value is -2.72. The van der Waals surface area contributed by atoms with Gasteiger partial charge >= 0.3 is 0 Å². The molecule has 2 heterocycles. The fraction of sp³-hybridized carbons (Fsp3) is 0.444. The molecule has 0 fully saturated rings. The van der Waals surface area contributed by atoms with Gasteiger partial charge in [-0.05, 0) is 36.6 Å². The summed E-state index contributed by atoms with van der Waals surface area (Å²) in [5, 5.41) is 13.8. The molecule has 7 nitrogen and oxygen atoms in total. The minimum atomic E-state index is -0.519. The van der Waals surface area contributed by atoms with Gasteiger partial charge in [-0.15, -0.1) is 12.3 Å². The third kappa shape index (κ3) is 4.03. The van der Waals surface area contributed by atoms with E-state index in [4.69, 9.17) is 12.2 Å². The van der Waals surface area contributed by atoms with Gasteiger partial charge in [0.2, 0.25) is 5.91 Å². The minimum Gasteiger partial charge on any atom is -0.352 e. The molecule has 130 valence electrons. The quantitative estimate of drug-likeness (QED) is 0.685. The second-order valence-corrected chi connectivity index (χ2v) is 6.40. The number of carbonyl (C=O) groups is 2. The molecule has 1 atom stereocenters. The van der Waals surface area contributed by atoms with Crippen molar-refractivity contribution in [3.63, 3.8) is 0 Å². The third-order valence-electron chi connectivity index (χ3n) is 4.55. The van der Waals surface area contributed by atoms with Gasteiger partial charge < -0.3 is 16.4 Å². The zero-order valence-electron chi connectivity index (χ0n) is 13.9. The Morgan fingerprint density at radius 1 is 1.44 bits per heavy atom. The third-order valence-corrected chi connectivity index (χ3v) is 4.55. The van der Waals surface area contributed by atoms with Crippen molar-refractivity contribution in [3.05, 3.63) is 29.3 Å². The zero-order chi connectivity index (χ0) is 17.9. The van der Waals surface area contributed by atoms with Crippen molar-refractivity contribution in [1.82, 2.24) is 5.32 Å². The first-order valence-electron chi connectivity index (χ1n) is 8.38. The van der Waals surface area contributed by atoms with Crippen LogP contribution in [-0.4, -0.2) is 30.1 Å². The summed E-state index contributed by atoms with van der Waals surface area (Å²) in [7, 11) is 0. The van der Waals surface area contributed by atoms with Gasteiger partial charge in [-0.25, -0.2) is 0 Å². The van der Waals surface area contributed by atoms with Crippen LogP contribution in [0.2, 0.25) is 0 Å². The standard InChI is InChI=1S/C18H21N5O2/c1-2-3-8-18(22-23-18)9-10-20-16(24)13-5-7-15-12(11-13)4-6-14(19)17(25)21-15/h1,5,7,11,14H,3-4,6,8-10,19H2,(H,20,24)(H,21,25). The average Bonchev–Trinajstić information content (AvgIpc) is 3.39. The smallest absolute Gasteiger partial charge is 0.251 e. The Morgan fingerprint density at radius 3 is 2.96 bits per heavy atom. The summed E-state index contributed by atoms with van der Waals surface area (Å²) in [5.41, 5.74) is 7.59. The largest absolute Gasteiger partial charge is 0.352 e. The summed E-state index contributed by atoms with van der Waals surface area (Å²) < 4.78 is 0. The van der Waals surface area contributed by atoms with Crippen LogP contribution in [0.4, 0.5) is 5.69 Å². The normalized spacial score (nSPS) is 20.0. The molecule has 4 N–H and O–H groups in total. The molecule has 2 amide bonds. The van der Waals surface area contributed by atoms with Crippen LogP contribution >= 0.6 is 0 Å². The number of nitrogens with one attached hydrogen (secondary N) is 2. The lowest BCUT2D eigenvalue weighted by atomic mass is 10.0. The molecule has 2 aliphatic rings. The van der Waals surface area contributed by atoms with E-state index in [1.54, 1.807) is 12.1 Å². The lowest BCUT2D eigenvalue weighted by Gasteiger charge is -2.11. The minimum absolute atomic E-state index is 0.157. The number of terminal acetylenes is 1. The SMILES string of the molecule is C#CCCC1(CCNC(=O)c2ccc3c(c2)CCC(N)C(=O)N3)N=N1. The molecule has 25 heavy (non-hydrogen) atoms. The lowest BCUT2D eigenvalue weighted by Crippen LogP contribution is -2.34. The molecule has 7 heteroatoms. The van der Waals surface area contributed by atoms with Crippen LogP contribution in [0.25, 0.3) is 0 Å². The zero-order valence-corrected chi connectivity index (χ0v) is 13.9. The second kappa shape index (κ2) is 7.03. The van der Waals surface area contributed by atoms with E-state index in [2.05, 4.69) is 26.8 Å². The number of hydrogen-bond donors (Lipinski definition) is 3. The Balaban J connectivity index is 1.57. The molecule has 0 saturated heterocycles. The number of rotatable bonds is 6. The molecule has 0 aliphatic carbocycles. The van der Waals surface area contributed by atoms with Crippen LogP contribution in [0.15, 0.2) is 28.4 Å². The van der Waals surface area contributed by atoms with Crippen LogP contribution in [0.1, 0.15) is 41.6 Å². The molecule has 0 aromatic heterocycles. The summed E-state index contributed by atoms with van der Waals surface area (Å²) in [4.78, 5) is 24.1. The molecular formula is C18H21N5O2. The lowest BCUT2D eigenvalue weighted by molar-refractivity contribution is -0.117. The van der Waals surface area contributed by atoms with Gasteiger partial charge in [-0.3, -0.25) is 9.59 Å². The molecule has 1 aromatic carbocycles. The number of aryl methyl sites for hydroxylation is 1. The van der Waals surface area contributed by atoms with E-state index < -0.39 is 11.7 Å². The van der Waals surface area contributed by atoms with Crippen molar-refractivity contribution in [2.45, 2.75) is 43.8 Å². The molecule has 1 aromatic rings. The molecular weight excluding hydrogens is 318 g/mol.